The van der Waals surface area contributed by atoms with Crippen LogP contribution < -0.4 is 25.0 Å². The highest BCUT2D eigenvalue weighted by atomic mass is 16.5. The Morgan fingerprint density at radius 1 is 1.30 bits per heavy atom. The molecule has 1 aromatic rings. The molecule has 2 rings (SSSR count). The zero-order valence-electron chi connectivity index (χ0n) is 13.8. The minimum absolute atomic E-state index is 0.149. The molecule has 126 valence electrons. The molecule has 0 saturated carbocycles. The zero-order valence-corrected chi connectivity index (χ0v) is 13.8. The van der Waals surface area contributed by atoms with Crippen molar-refractivity contribution in [3.8, 4) is 11.5 Å². The zero-order chi connectivity index (χ0) is 16.8. The van der Waals surface area contributed by atoms with Gasteiger partial charge >= 0.3 is 6.03 Å². The molecule has 1 aliphatic heterocycles. The third kappa shape index (κ3) is 4.13. The largest absolute Gasteiger partial charge is 0.497 e. The molecule has 1 heterocycles. The summed E-state index contributed by atoms with van der Waals surface area (Å²) in [7, 11) is 4.75. The molecule has 0 spiro atoms. The molecule has 0 bridgehead atoms. The highest BCUT2D eigenvalue weighted by Gasteiger charge is 2.34. The lowest BCUT2D eigenvalue weighted by molar-refractivity contribution is -0.910. The molecule has 2 atom stereocenters. The molecule has 23 heavy (non-hydrogen) atoms. The Bertz CT molecular complexity index is 576. The van der Waals surface area contributed by atoms with Crippen molar-refractivity contribution in [2.24, 2.45) is 0 Å². The van der Waals surface area contributed by atoms with Crippen LogP contribution >= 0.6 is 0 Å². The summed E-state index contributed by atoms with van der Waals surface area (Å²) in [6.45, 7) is 1.13. The standard InChI is InChI=1S/C16H23N3O4/c1-17-16(21)18-15(20)10-19-8-4-5-13(19)12-9-11(22-2)6-7-14(12)23-3/h6-7,9,13H,4-5,8,10H2,1-3H3,(H2,17,18,20,21)/p+1/t13-/m0/s1. The molecule has 7 nitrogen and oxygen atoms in total. The van der Waals surface area contributed by atoms with Crippen molar-refractivity contribution in [1.29, 1.82) is 0 Å². The fraction of sp³-hybridized carbons (Fsp3) is 0.500. The number of hydrogen-bond acceptors (Lipinski definition) is 4. The molecular formula is C16H24N3O4+. The molecule has 1 aliphatic rings. The van der Waals surface area contributed by atoms with Gasteiger partial charge in [-0.1, -0.05) is 0 Å². The monoisotopic (exact) mass is 322 g/mol. The van der Waals surface area contributed by atoms with Crippen molar-refractivity contribution >= 4 is 11.9 Å². The van der Waals surface area contributed by atoms with Crippen LogP contribution in [-0.2, 0) is 4.79 Å². The summed E-state index contributed by atoms with van der Waals surface area (Å²) in [6.07, 6.45) is 1.99. The van der Waals surface area contributed by atoms with Gasteiger partial charge in [0.25, 0.3) is 5.91 Å². The average molecular weight is 322 g/mol. The number of carbonyl (C=O) groups excluding carboxylic acids is 2. The molecular weight excluding hydrogens is 298 g/mol. The van der Waals surface area contributed by atoms with E-state index in [-0.39, 0.29) is 18.5 Å². The van der Waals surface area contributed by atoms with Gasteiger partial charge in [0.15, 0.2) is 6.54 Å². The Labute approximate surface area is 135 Å². The normalized spacial score (nSPS) is 20.0. The summed E-state index contributed by atoms with van der Waals surface area (Å²) in [4.78, 5) is 24.3. The number of rotatable bonds is 5. The highest BCUT2D eigenvalue weighted by Crippen LogP contribution is 2.31. The van der Waals surface area contributed by atoms with E-state index in [0.29, 0.717) is 0 Å². The predicted molar refractivity (Wildman–Crippen MR) is 84.8 cm³/mol. The number of carbonyl (C=O) groups is 2. The van der Waals surface area contributed by atoms with Crippen LogP contribution in [0.15, 0.2) is 18.2 Å². The van der Waals surface area contributed by atoms with Gasteiger partial charge in [-0.15, -0.1) is 0 Å². The van der Waals surface area contributed by atoms with Gasteiger partial charge in [-0.3, -0.25) is 10.1 Å². The first-order valence-electron chi connectivity index (χ1n) is 7.67. The Balaban J connectivity index is 2.15. The number of imide groups is 1. The maximum absolute atomic E-state index is 12.0. The number of quaternary nitrogens is 1. The van der Waals surface area contributed by atoms with Crippen LogP contribution in [0.1, 0.15) is 24.4 Å². The lowest BCUT2D eigenvalue weighted by atomic mass is 10.0. The second-order valence-electron chi connectivity index (χ2n) is 5.52. The van der Waals surface area contributed by atoms with Gasteiger partial charge in [-0.2, -0.15) is 0 Å². The van der Waals surface area contributed by atoms with E-state index in [1.807, 2.05) is 18.2 Å². The summed E-state index contributed by atoms with van der Waals surface area (Å²) in [6, 6.07) is 5.37. The van der Waals surface area contributed by atoms with E-state index in [4.69, 9.17) is 9.47 Å². The molecule has 1 saturated heterocycles. The maximum atomic E-state index is 12.0. The van der Waals surface area contributed by atoms with Gasteiger partial charge in [0.2, 0.25) is 0 Å². The highest BCUT2D eigenvalue weighted by molar-refractivity contribution is 5.94. The lowest BCUT2D eigenvalue weighted by Crippen LogP contribution is -3.11. The van der Waals surface area contributed by atoms with Crippen LogP contribution in [0, 0.1) is 0 Å². The van der Waals surface area contributed by atoms with Crippen molar-refractivity contribution in [3.05, 3.63) is 23.8 Å². The smallest absolute Gasteiger partial charge is 0.321 e. The third-order valence-electron chi connectivity index (χ3n) is 4.16. The first-order valence-corrected chi connectivity index (χ1v) is 7.67. The molecule has 3 N–H and O–H groups in total. The molecule has 1 fully saturated rings. The summed E-state index contributed by atoms with van der Waals surface area (Å²) < 4.78 is 10.8. The van der Waals surface area contributed by atoms with Crippen molar-refractivity contribution in [1.82, 2.24) is 10.6 Å². The number of hydrogen-bond donors (Lipinski definition) is 3. The van der Waals surface area contributed by atoms with Gasteiger partial charge in [0, 0.05) is 19.9 Å². The lowest BCUT2D eigenvalue weighted by Gasteiger charge is -2.23. The number of urea groups is 1. The number of likely N-dealkylation sites (tertiary alicyclic amines) is 1. The van der Waals surface area contributed by atoms with Gasteiger partial charge in [-0.25, -0.2) is 4.79 Å². The Kier molecular flexibility index (Phi) is 5.81. The minimum Gasteiger partial charge on any atom is -0.497 e. The number of nitrogens with one attached hydrogen (secondary N) is 3. The van der Waals surface area contributed by atoms with E-state index >= 15 is 0 Å². The second-order valence-corrected chi connectivity index (χ2v) is 5.52. The quantitative estimate of drug-likeness (QED) is 0.706. The molecule has 0 aliphatic carbocycles. The fourth-order valence-electron chi connectivity index (χ4n) is 3.05. The van der Waals surface area contributed by atoms with Gasteiger partial charge in [-0.05, 0) is 18.2 Å². The van der Waals surface area contributed by atoms with Crippen LogP contribution in [0.2, 0.25) is 0 Å². The molecule has 1 unspecified atom stereocenters. The van der Waals surface area contributed by atoms with Crippen molar-refractivity contribution in [3.63, 3.8) is 0 Å². The van der Waals surface area contributed by atoms with Gasteiger partial charge in [0.05, 0.1) is 26.3 Å². The second kappa shape index (κ2) is 7.82. The van der Waals surface area contributed by atoms with Crippen LogP contribution in [-0.4, -0.2) is 46.3 Å². The summed E-state index contributed by atoms with van der Waals surface area (Å²) in [5.74, 6) is 1.27. The van der Waals surface area contributed by atoms with Gasteiger partial charge < -0.3 is 19.7 Å². The number of benzene rings is 1. The number of amides is 3. The van der Waals surface area contributed by atoms with E-state index in [1.165, 1.54) is 7.05 Å². The fourth-order valence-corrected chi connectivity index (χ4v) is 3.05. The SMILES string of the molecule is CNC(=O)NC(=O)C[NH+]1CCC[C@H]1c1cc(OC)ccc1OC. The van der Waals surface area contributed by atoms with E-state index in [0.717, 1.165) is 41.3 Å². The molecule has 1 aromatic carbocycles. The third-order valence-corrected chi connectivity index (χ3v) is 4.16. The van der Waals surface area contributed by atoms with Gasteiger partial charge in [0.1, 0.15) is 17.5 Å². The van der Waals surface area contributed by atoms with Crippen LogP contribution in [0.5, 0.6) is 11.5 Å². The summed E-state index contributed by atoms with van der Waals surface area (Å²) >= 11 is 0. The summed E-state index contributed by atoms with van der Waals surface area (Å²) in [5.41, 5.74) is 1.03. The Morgan fingerprint density at radius 2 is 2.09 bits per heavy atom. The van der Waals surface area contributed by atoms with Crippen LogP contribution in [0.25, 0.3) is 0 Å². The first kappa shape index (κ1) is 17.1. The maximum Gasteiger partial charge on any atom is 0.321 e. The molecule has 0 radical (unpaired) electrons. The van der Waals surface area contributed by atoms with Crippen LogP contribution in [0.3, 0.4) is 0 Å². The number of methoxy groups -OCH3 is 2. The van der Waals surface area contributed by atoms with E-state index in [2.05, 4.69) is 10.6 Å². The Morgan fingerprint density at radius 3 is 2.74 bits per heavy atom. The molecule has 7 heteroatoms. The first-order chi connectivity index (χ1) is 11.1. The van der Waals surface area contributed by atoms with E-state index in [9.17, 15) is 9.59 Å². The van der Waals surface area contributed by atoms with Crippen LogP contribution in [0.4, 0.5) is 4.79 Å². The topological polar surface area (TPSA) is 81.1 Å². The minimum atomic E-state index is -0.482. The Hall–Kier alpha value is -2.28. The summed E-state index contributed by atoms with van der Waals surface area (Å²) in [5, 5.41) is 4.69. The van der Waals surface area contributed by atoms with Crippen molar-refractivity contribution < 1.29 is 24.0 Å². The van der Waals surface area contributed by atoms with Crippen molar-refractivity contribution in [2.45, 2.75) is 18.9 Å². The van der Waals surface area contributed by atoms with E-state index in [1.54, 1.807) is 14.2 Å². The molecule has 0 aromatic heterocycles. The number of ether oxygens (including phenoxy) is 2. The van der Waals surface area contributed by atoms with E-state index < -0.39 is 6.03 Å². The van der Waals surface area contributed by atoms with Crippen molar-refractivity contribution in [2.75, 3.05) is 34.4 Å². The predicted octanol–water partition coefficient (Wildman–Crippen LogP) is -0.121. The average Bonchev–Trinajstić information content (AvgIpc) is 3.01. The molecule has 3 amide bonds.